The summed E-state index contributed by atoms with van der Waals surface area (Å²) in [5.41, 5.74) is 2.72. The Balaban J connectivity index is 1.55. The van der Waals surface area contributed by atoms with Gasteiger partial charge in [0.2, 0.25) is 5.91 Å². The van der Waals surface area contributed by atoms with Crippen LogP contribution in [0.1, 0.15) is 42.1 Å². The van der Waals surface area contributed by atoms with Crippen LogP contribution < -0.4 is 15.5 Å². The zero-order valence-corrected chi connectivity index (χ0v) is 13.7. The summed E-state index contributed by atoms with van der Waals surface area (Å²) in [7, 11) is 0. The second kappa shape index (κ2) is 7.13. The normalized spacial score (nSPS) is 20.2. The maximum absolute atomic E-state index is 12.3. The first-order valence-electron chi connectivity index (χ1n) is 8.55. The molecule has 23 heavy (non-hydrogen) atoms. The van der Waals surface area contributed by atoms with Gasteiger partial charge in [0.15, 0.2) is 0 Å². The molecule has 1 aromatic rings. The predicted molar refractivity (Wildman–Crippen MR) is 90.7 cm³/mol. The number of fused-ring (bicyclic) bond motifs is 1. The van der Waals surface area contributed by atoms with Crippen LogP contribution in [0, 0.1) is 5.92 Å². The van der Waals surface area contributed by atoms with E-state index in [1.54, 1.807) is 11.8 Å². The number of benzene rings is 1. The number of anilines is 1. The molecule has 0 aromatic heterocycles. The Hall–Kier alpha value is -1.88. The van der Waals surface area contributed by atoms with Crippen molar-refractivity contribution in [3.8, 4) is 0 Å². The molecule has 2 amide bonds. The van der Waals surface area contributed by atoms with E-state index in [2.05, 4.69) is 10.6 Å². The van der Waals surface area contributed by atoms with Gasteiger partial charge in [0.05, 0.1) is 0 Å². The number of carbonyl (C=O) groups is 2. The molecule has 5 nitrogen and oxygen atoms in total. The van der Waals surface area contributed by atoms with E-state index in [1.807, 2.05) is 18.2 Å². The number of rotatable bonds is 4. The van der Waals surface area contributed by atoms with Crippen molar-refractivity contribution >= 4 is 17.5 Å². The lowest BCUT2D eigenvalue weighted by atomic mass is 9.96. The summed E-state index contributed by atoms with van der Waals surface area (Å²) in [5.74, 6) is 0.716. The van der Waals surface area contributed by atoms with Gasteiger partial charge in [-0.25, -0.2) is 0 Å². The Morgan fingerprint density at radius 1 is 1.39 bits per heavy atom. The molecule has 2 aliphatic heterocycles. The molecule has 0 saturated carbocycles. The Morgan fingerprint density at radius 3 is 3.00 bits per heavy atom. The third kappa shape index (κ3) is 3.72. The van der Waals surface area contributed by atoms with Gasteiger partial charge in [0.25, 0.3) is 5.91 Å². The second-order valence-corrected chi connectivity index (χ2v) is 6.52. The highest BCUT2D eigenvalue weighted by atomic mass is 16.2. The van der Waals surface area contributed by atoms with E-state index >= 15 is 0 Å². The van der Waals surface area contributed by atoms with Crippen molar-refractivity contribution in [3.05, 3.63) is 29.3 Å². The van der Waals surface area contributed by atoms with Crippen LogP contribution in [0.5, 0.6) is 0 Å². The molecule has 3 rings (SSSR count). The highest BCUT2D eigenvalue weighted by Crippen LogP contribution is 2.28. The molecule has 5 heteroatoms. The van der Waals surface area contributed by atoms with Crippen molar-refractivity contribution in [2.75, 3.05) is 31.1 Å². The molecule has 1 saturated heterocycles. The largest absolute Gasteiger partial charge is 0.352 e. The fourth-order valence-corrected chi connectivity index (χ4v) is 3.53. The summed E-state index contributed by atoms with van der Waals surface area (Å²) in [6.45, 7) is 5.20. The van der Waals surface area contributed by atoms with Crippen molar-refractivity contribution in [1.29, 1.82) is 0 Å². The SMILES string of the molecule is CC(=O)N1CCc2cc(C(=O)NCCC3CCCNC3)ccc21. The van der Waals surface area contributed by atoms with Crippen LogP contribution in [0.15, 0.2) is 18.2 Å². The van der Waals surface area contributed by atoms with E-state index in [9.17, 15) is 9.59 Å². The van der Waals surface area contributed by atoms with Crippen molar-refractivity contribution < 1.29 is 9.59 Å². The van der Waals surface area contributed by atoms with Gasteiger partial charge >= 0.3 is 0 Å². The maximum atomic E-state index is 12.3. The van der Waals surface area contributed by atoms with Gasteiger partial charge in [-0.15, -0.1) is 0 Å². The average Bonchev–Trinajstić information content (AvgIpc) is 2.99. The number of hydrogen-bond acceptors (Lipinski definition) is 3. The zero-order valence-electron chi connectivity index (χ0n) is 13.7. The summed E-state index contributed by atoms with van der Waals surface area (Å²) in [5, 5.41) is 6.43. The van der Waals surface area contributed by atoms with Crippen molar-refractivity contribution in [1.82, 2.24) is 10.6 Å². The summed E-state index contributed by atoms with van der Waals surface area (Å²) >= 11 is 0. The van der Waals surface area contributed by atoms with E-state index in [0.717, 1.165) is 43.7 Å². The van der Waals surface area contributed by atoms with Crippen LogP contribution >= 0.6 is 0 Å². The van der Waals surface area contributed by atoms with E-state index < -0.39 is 0 Å². The molecule has 1 fully saturated rings. The molecule has 124 valence electrons. The van der Waals surface area contributed by atoms with Gasteiger partial charge in [-0.05, 0) is 68.5 Å². The minimum absolute atomic E-state index is 0.0159. The van der Waals surface area contributed by atoms with Crippen LogP contribution in [0.3, 0.4) is 0 Å². The molecule has 0 bridgehead atoms. The Bertz CT molecular complexity index is 594. The summed E-state index contributed by atoms with van der Waals surface area (Å²) in [6.07, 6.45) is 4.34. The van der Waals surface area contributed by atoms with Gasteiger partial charge < -0.3 is 15.5 Å². The fraction of sp³-hybridized carbons (Fsp3) is 0.556. The minimum atomic E-state index is -0.0159. The first-order valence-corrected chi connectivity index (χ1v) is 8.55. The van der Waals surface area contributed by atoms with Crippen LogP contribution in [0.2, 0.25) is 0 Å². The molecule has 1 atom stereocenters. The lowest BCUT2D eigenvalue weighted by Gasteiger charge is -2.22. The van der Waals surface area contributed by atoms with Crippen molar-refractivity contribution in [2.45, 2.75) is 32.6 Å². The minimum Gasteiger partial charge on any atom is -0.352 e. The van der Waals surface area contributed by atoms with Gasteiger partial charge in [0.1, 0.15) is 0 Å². The number of nitrogens with zero attached hydrogens (tertiary/aromatic N) is 1. The smallest absolute Gasteiger partial charge is 0.251 e. The van der Waals surface area contributed by atoms with Crippen LogP contribution in [-0.2, 0) is 11.2 Å². The molecule has 0 radical (unpaired) electrons. The Morgan fingerprint density at radius 2 is 2.26 bits per heavy atom. The number of amides is 2. The Kier molecular flexibility index (Phi) is 4.96. The van der Waals surface area contributed by atoms with E-state index in [0.29, 0.717) is 18.0 Å². The predicted octanol–water partition coefficient (Wildman–Crippen LogP) is 1.72. The van der Waals surface area contributed by atoms with E-state index in [1.165, 1.54) is 12.8 Å². The van der Waals surface area contributed by atoms with Crippen molar-refractivity contribution in [3.63, 3.8) is 0 Å². The average molecular weight is 315 g/mol. The number of carbonyl (C=O) groups excluding carboxylic acids is 2. The Labute approximate surface area is 137 Å². The molecular formula is C18H25N3O2. The summed E-state index contributed by atoms with van der Waals surface area (Å²) in [4.78, 5) is 25.6. The summed E-state index contributed by atoms with van der Waals surface area (Å²) in [6, 6.07) is 5.64. The zero-order chi connectivity index (χ0) is 16.2. The van der Waals surface area contributed by atoms with E-state index in [-0.39, 0.29) is 11.8 Å². The number of hydrogen-bond donors (Lipinski definition) is 2. The lowest BCUT2D eigenvalue weighted by molar-refractivity contribution is -0.116. The number of nitrogens with one attached hydrogen (secondary N) is 2. The van der Waals surface area contributed by atoms with Gasteiger partial charge in [-0.2, -0.15) is 0 Å². The molecule has 0 spiro atoms. The maximum Gasteiger partial charge on any atom is 0.251 e. The first-order chi connectivity index (χ1) is 11.1. The molecular weight excluding hydrogens is 290 g/mol. The monoisotopic (exact) mass is 315 g/mol. The molecule has 1 unspecified atom stereocenters. The highest BCUT2D eigenvalue weighted by molar-refractivity contribution is 5.97. The quantitative estimate of drug-likeness (QED) is 0.889. The molecule has 2 aliphatic rings. The topological polar surface area (TPSA) is 61.4 Å². The highest BCUT2D eigenvalue weighted by Gasteiger charge is 2.23. The molecule has 0 aliphatic carbocycles. The van der Waals surface area contributed by atoms with Gasteiger partial charge in [-0.1, -0.05) is 0 Å². The standard InChI is InChI=1S/C18H25N3O2/c1-13(22)21-10-7-15-11-16(4-5-17(15)21)18(23)20-9-6-14-3-2-8-19-12-14/h4-5,11,14,19H,2-3,6-10,12H2,1H3,(H,20,23). The second-order valence-electron chi connectivity index (χ2n) is 6.52. The lowest BCUT2D eigenvalue weighted by Crippen LogP contribution is -2.33. The molecule has 2 heterocycles. The third-order valence-corrected chi connectivity index (χ3v) is 4.85. The van der Waals surface area contributed by atoms with Gasteiger partial charge in [-0.3, -0.25) is 9.59 Å². The fourth-order valence-electron chi connectivity index (χ4n) is 3.53. The van der Waals surface area contributed by atoms with Gasteiger partial charge in [0, 0.05) is 31.3 Å². The molecule has 1 aromatic carbocycles. The number of piperidine rings is 1. The van der Waals surface area contributed by atoms with Crippen molar-refractivity contribution in [2.24, 2.45) is 5.92 Å². The molecule has 2 N–H and O–H groups in total. The third-order valence-electron chi connectivity index (χ3n) is 4.85. The van der Waals surface area contributed by atoms with Crippen LogP contribution in [-0.4, -0.2) is 38.0 Å². The van der Waals surface area contributed by atoms with Crippen LogP contribution in [0.4, 0.5) is 5.69 Å². The summed E-state index contributed by atoms with van der Waals surface area (Å²) < 4.78 is 0. The van der Waals surface area contributed by atoms with Crippen LogP contribution in [0.25, 0.3) is 0 Å². The first kappa shape index (κ1) is 16.0. The van der Waals surface area contributed by atoms with E-state index in [4.69, 9.17) is 0 Å².